The van der Waals surface area contributed by atoms with Crippen LogP contribution in [0.5, 0.6) is 0 Å². The Labute approximate surface area is 132 Å². The van der Waals surface area contributed by atoms with Crippen LogP contribution in [0.1, 0.15) is 25.8 Å². The van der Waals surface area contributed by atoms with Gasteiger partial charge in [-0.05, 0) is 35.9 Å². The molecular weight excluding hydrogens is 300 g/mol. The molecule has 0 fully saturated rings. The Balaban J connectivity index is 2.88. The molecular formula is C16H24N2O3S. The van der Waals surface area contributed by atoms with Crippen molar-refractivity contribution in [3.05, 3.63) is 54.3 Å². The minimum Gasteiger partial charge on any atom is -0.405 e. The number of benzene rings is 1. The summed E-state index contributed by atoms with van der Waals surface area (Å²) in [7, 11) is -3.91. The van der Waals surface area contributed by atoms with E-state index in [4.69, 9.17) is 10.3 Å². The third-order valence-corrected chi connectivity index (χ3v) is 4.40. The topological polar surface area (TPSA) is 92.4 Å². The number of hydrogen-bond acceptors (Lipinski definition) is 4. The summed E-state index contributed by atoms with van der Waals surface area (Å²) in [6.07, 6.45) is 3.57. The van der Waals surface area contributed by atoms with E-state index >= 15 is 0 Å². The van der Waals surface area contributed by atoms with Crippen molar-refractivity contribution in [2.24, 2.45) is 5.73 Å². The van der Waals surface area contributed by atoms with Gasteiger partial charge >= 0.3 is 0 Å². The Hall–Kier alpha value is -1.79. The number of para-hydroxylation sites is 1. The van der Waals surface area contributed by atoms with Gasteiger partial charge in [0.25, 0.3) is 10.1 Å². The van der Waals surface area contributed by atoms with Crippen molar-refractivity contribution in [2.75, 3.05) is 17.6 Å². The second-order valence-corrected chi connectivity index (χ2v) is 7.19. The summed E-state index contributed by atoms with van der Waals surface area (Å²) in [4.78, 5) is 0. The zero-order valence-corrected chi connectivity index (χ0v) is 13.9. The number of hydrogen-bond donors (Lipinski definition) is 3. The predicted octanol–water partition coefficient (Wildman–Crippen LogP) is 2.68. The molecule has 0 spiro atoms. The van der Waals surface area contributed by atoms with Crippen LogP contribution >= 0.6 is 0 Å². The SMILES string of the molecule is C=C(/C=C/N)C(C)(C)c1ccccc1NCCCS(=O)(=O)O. The fourth-order valence-corrected chi connectivity index (χ4v) is 2.67. The van der Waals surface area contributed by atoms with Gasteiger partial charge in [-0.25, -0.2) is 0 Å². The molecule has 0 aliphatic heterocycles. The maximum absolute atomic E-state index is 10.7. The summed E-state index contributed by atoms with van der Waals surface area (Å²) in [5.74, 6) is -0.256. The lowest BCUT2D eigenvalue weighted by atomic mass is 9.77. The van der Waals surface area contributed by atoms with Crippen LogP contribution in [-0.2, 0) is 15.5 Å². The first-order valence-corrected chi connectivity index (χ1v) is 8.65. The van der Waals surface area contributed by atoms with Crippen LogP contribution in [0.3, 0.4) is 0 Å². The molecule has 6 heteroatoms. The highest BCUT2D eigenvalue weighted by molar-refractivity contribution is 7.85. The molecule has 0 radical (unpaired) electrons. The molecule has 0 atom stereocenters. The highest BCUT2D eigenvalue weighted by Gasteiger charge is 2.25. The molecule has 0 saturated heterocycles. The first kappa shape index (κ1) is 18.3. The molecule has 1 aromatic carbocycles. The lowest BCUT2D eigenvalue weighted by Crippen LogP contribution is -2.21. The Bertz CT molecular complexity index is 649. The first-order chi connectivity index (χ1) is 10.2. The average Bonchev–Trinajstić information content (AvgIpc) is 2.43. The zero-order valence-electron chi connectivity index (χ0n) is 13.0. The fourth-order valence-electron chi connectivity index (χ4n) is 2.16. The molecule has 0 bridgehead atoms. The van der Waals surface area contributed by atoms with E-state index in [1.807, 2.05) is 38.1 Å². The van der Waals surface area contributed by atoms with Crippen molar-refractivity contribution in [1.82, 2.24) is 0 Å². The maximum Gasteiger partial charge on any atom is 0.264 e. The Morgan fingerprint density at radius 3 is 2.64 bits per heavy atom. The van der Waals surface area contributed by atoms with Gasteiger partial charge in [-0.1, -0.05) is 38.6 Å². The summed E-state index contributed by atoms with van der Waals surface area (Å²) in [6.45, 7) is 8.61. The molecule has 0 heterocycles. The van der Waals surface area contributed by atoms with Crippen molar-refractivity contribution in [1.29, 1.82) is 0 Å². The number of allylic oxidation sites excluding steroid dienone is 2. The van der Waals surface area contributed by atoms with E-state index in [0.29, 0.717) is 13.0 Å². The van der Waals surface area contributed by atoms with Crippen molar-refractivity contribution in [3.8, 4) is 0 Å². The Morgan fingerprint density at radius 2 is 2.05 bits per heavy atom. The molecule has 4 N–H and O–H groups in total. The largest absolute Gasteiger partial charge is 0.405 e. The van der Waals surface area contributed by atoms with E-state index in [1.54, 1.807) is 6.08 Å². The summed E-state index contributed by atoms with van der Waals surface area (Å²) in [6, 6.07) is 7.79. The third-order valence-electron chi connectivity index (χ3n) is 3.60. The summed E-state index contributed by atoms with van der Waals surface area (Å²) >= 11 is 0. The summed E-state index contributed by atoms with van der Waals surface area (Å²) < 4.78 is 30.2. The predicted molar refractivity (Wildman–Crippen MR) is 91.5 cm³/mol. The smallest absolute Gasteiger partial charge is 0.264 e. The van der Waals surface area contributed by atoms with Crippen molar-refractivity contribution in [2.45, 2.75) is 25.7 Å². The second-order valence-electron chi connectivity index (χ2n) is 5.62. The summed E-state index contributed by atoms with van der Waals surface area (Å²) in [5.41, 5.74) is 7.96. The van der Waals surface area contributed by atoms with Crippen molar-refractivity contribution >= 4 is 15.8 Å². The number of anilines is 1. The molecule has 0 unspecified atom stereocenters. The van der Waals surface area contributed by atoms with Gasteiger partial charge in [0.15, 0.2) is 0 Å². The molecule has 0 saturated carbocycles. The average molecular weight is 324 g/mol. The zero-order chi connectivity index (χ0) is 16.8. The van der Waals surface area contributed by atoms with Crippen LogP contribution in [0.25, 0.3) is 0 Å². The quantitative estimate of drug-likeness (QED) is 0.388. The van der Waals surface area contributed by atoms with Gasteiger partial charge in [0.2, 0.25) is 0 Å². The van der Waals surface area contributed by atoms with E-state index in [9.17, 15) is 8.42 Å². The van der Waals surface area contributed by atoms with E-state index in [2.05, 4.69) is 11.9 Å². The Morgan fingerprint density at radius 1 is 1.41 bits per heavy atom. The fraction of sp³-hybridized carbons (Fsp3) is 0.375. The van der Waals surface area contributed by atoms with Gasteiger partial charge < -0.3 is 11.1 Å². The van der Waals surface area contributed by atoms with Crippen LogP contribution in [0.2, 0.25) is 0 Å². The van der Waals surface area contributed by atoms with Crippen LogP contribution in [0, 0.1) is 0 Å². The molecule has 0 aromatic heterocycles. The number of rotatable bonds is 8. The van der Waals surface area contributed by atoms with Crippen molar-refractivity contribution in [3.63, 3.8) is 0 Å². The van der Waals surface area contributed by atoms with Gasteiger partial charge in [0.05, 0.1) is 5.75 Å². The van der Waals surface area contributed by atoms with Crippen LogP contribution in [0.15, 0.2) is 48.7 Å². The highest BCUT2D eigenvalue weighted by Crippen LogP contribution is 2.35. The number of nitrogens with two attached hydrogens (primary N) is 1. The normalized spacial score (nSPS) is 12.5. The summed E-state index contributed by atoms with van der Waals surface area (Å²) in [5, 5.41) is 3.22. The standard InChI is InChI=1S/C16H24N2O3S/c1-13(9-10-17)16(2,3)14-7-4-5-8-15(14)18-11-6-12-22(19,20)21/h4-5,7-10,18H,1,6,11-12,17H2,2-3H3,(H,19,20,21)/b10-9+. The van der Waals surface area contributed by atoms with E-state index in [0.717, 1.165) is 16.8 Å². The number of nitrogens with one attached hydrogen (secondary N) is 1. The van der Waals surface area contributed by atoms with Gasteiger partial charge in [-0.15, -0.1) is 0 Å². The lowest BCUT2D eigenvalue weighted by Gasteiger charge is -2.29. The van der Waals surface area contributed by atoms with E-state index in [-0.39, 0.29) is 11.2 Å². The molecule has 122 valence electrons. The van der Waals surface area contributed by atoms with E-state index in [1.165, 1.54) is 6.20 Å². The molecule has 0 aliphatic carbocycles. The molecule has 22 heavy (non-hydrogen) atoms. The molecule has 5 nitrogen and oxygen atoms in total. The van der Waals surface area contributed by atoms with Crippen LogP contribution < -0.4 is 11.1 Å². The molecule has 1 aromatic rings. The first-order valence-electron chi connectivity index (χ1n) is 7.04. The van der Waals surface area contributed by atoms with Gasteiger partial charge in [0, 0.05) is 17.6 Å². The van der Waals surface area contributed by atoms with Gasteiger partial charge in [-0.3, -0.25) is 4.55 Å². The molecule has 1 rings (SSSR count). The minimum atomic E-state index is -3.91. The maximum atomic E-state index is 10.7. The highest BCUT2D eigenvalue weighted by atomic mass is 32.2. The van der Waals surface area contributed by atoms with E-state index < -0.39 is 10.1 Å². The monoisotopic (exact) mass is 324 g/mol. The molecule has 0 amide bonds. The lowest BCUT2D eigenvalue weighted by molar-refractivity contribution is 0.481. The van der Waals surface area contributed by atoms with Crippen LogP contribution in [-0.4, -0.2) is 25.3 Å². The van der Waals surface area contributed by atoms with Crippen molar-refractivity contribution < 1.29 is 13.0 Å². The third kappa shape index (κ3) is 5.20. The van der Waals surface area contributed by atoms with Gasteiger partial charge in [0.1, 0.15) is 0 Å². The van der Waals surface area contributed by atoms with Crippen LogP contribution in [0.4, 0.5) is 5.69 Å². The van der Waals surface area contributed by atoms with Gasteiger partial charge in [-0.2, -0.15) is 8.42 Å². The second kappa shape index (κ2) is 7.47. The minimum absolute atomic E-state index is 0.256. The molecule has 0 aliphatic rings. The Kier molecular flexibility index (Phi) is 6.20.